The Balaban J connectivity index is 1.33. The van der Waals surface area contributed by atoms with Gasteiger partial charge in [0.1, 0.15) is 11.6 Å². The van der Waals surface area contributed by atoms with Crippen LogP contribution in [0.4, 0.5) is 4.39 Å². The standard InChI is InChI=1S/C30H38FN3O2/c31-25-11-12-27(35)23-16-32-18-30(28(23)25)19-33-17-24(30)29(36)34-14-13-22(20-7-3-1-4-8-20)15-26(34)21-9-5-2-6-10-21/h1,3-4,7-8,11-12,21-22,24,26,32-33,35H,2,5-6,9-10,13-19H2/t22-,24+,26+,30-/m1/s1. The van der Waals surface area contributed by atoms with Crippen molar-refractivity contribution < 1.29 is 14.3 Å². The van der Waals surface area contributed by atoms with Crippen molar-refractivity contribution in [1.82, 2.24) is 15.5 Å². The molecule has 1 saturated carbocycles. The van der Waals surface area contributed by atoms with Crippen LogP contribution in [0.15, 0.2) is 42.5 Å². The van der Waals surface area contributed by atoms with Gasteiger partial charge in [-0.1, -0.05) is 49.6 Å². The molecule has 3 aliphatic heterocycles. The molecule has 2 saturated heterocycles. The first-order chi connectivity index (χ1) is 17.6. The Bertz CT molecular complexity index is 1100. The average Bonchev–Trinajstić information content (AvgIpc) is 3.34. The minimum absolute atomic E-state index is 0.111. The van der Waals surface area contributed by atoms with Gasteiger partial charge in [0.05, 0.1) is 5.92 Å². The Labute approximate surface area is 213 Å². The van der Waals surface area contributed by atoms with Crippen LogP contribution in [0.2, 0.25) is 0 Å². The van der Waals surface area contributed by atoms with E-state index in [4.69, 9.17) is 0 Å². The van der Waals surface area contributed by atoms with E-state index in [2.05, 4.69) is 45.9 Å². The molecule has 1 aliphatic carbocycles. The molecule has 3 heterocycles. The third kappa shape index (κ3) is 4.03. The zero-order valence-corrected chi connectivity index (χ0v) is 21.0. The lowest BCUT2D eigenvalue weighted by molar-refractivity contribution is -0.142. The summed E-state index contributed by atoms with van der Waals surface area (Å²) in [5, 5.41) is 17.4. The molecule has 0 bridgehead atoms. The highest BCUT2D eigenvalue weighted by Gasteiger charge is 2.54. The highest BCUT2D eigenvalue weighted by Crippen LogP contribution is 2.46. The van der Waals surface area contributed by atoms with Gasteiger partial charge in [-0.25, -0.2) is 4.39 Å². The zero-order valence-electron chi connectivity index (χ0n) is 21.0. The highest BCUT2D eigenvalue weighted by molar-refractivity contribution is 5.82. The molecule has 0 radical (unpaired) electrons. The summed E-state index contributed by atoms with van der Waals surface area (Å²) in [6.45, 7) is 2.81. The summed E-state index contributed by atoms with van der Waals surface area (Å²) in [6, 6.07) is 13.8. The minimum Gasteiger partial charge on any atom is -0.508 e. The fourth-order valence-corrected chi connectivity index (χ4v) is 7.82. The molecule has 1 amide bonds. The molecule has 3 N–H and O–H groups in total. The Morgan fingerprint density at radius 3 is 2.58 bits per heavy atom. The van der Waals surface area contributed by atoms with Crippen LogP contribution in [0.3, 0.4) is 0 Å². The van der Waals surface area contributed by atoms with Gasteiger partial charge in [0.2, 0.25) is 5.91 Å². The Morgan fingerprint density at radius 2 is 1.78 bits per heavy atom. The number of carbonyl (C=O) groups excluding carboxylic acids is 1. The lowest BCUT2D eigenvalue weighted by atomic mass is 9.67. The fourth-order valence-electron chi connectivity index (χ4n) is 7.82. The number of benzene rings is 2. The monoisotopic (exact) mass is 491 g/mol. The summed E-state index contributed by atoms with van der Waals surface area (Å²) in [5.41, 5.74) is 1.85. The van der Waals surface area contributed by atoms with Crippen LogP contribution in [0.1, 0.15) is 67.6 Å². The molecule has 0 unspecified atom stereocenters. The number of hydrogen-bond donors (Lipinski definition) is 3. The fraction of sp³-hybridized carbons (Fsp3) is 0.567. The second-order valence-electron chi connectivity index (χ2n) is 11.5. The minimum atomic E-state index is -0.680. The van der Waals surface area contributed by atoms with Crippen LogP contribution in [0, 0.1) is 17.7 Å². The molecule has 6 rings (SSSR count). The molecule has 0 aromatic heterocycles. The summed E-state index contributed by atoms with van der Waals surface area (Å²) in [6.07, 6.45) is 8.15. The quantitative estimate of drug-likeness (QED) is 0.594. The van der Waals surface area contributed by atoms with E-state index in [-0.39, 0.29) is 29.4 Å². The van der Waals surface area contributed by atoms with E-state index in [1.54, 1.807) is 0 Å². The van der Waals surface area contributed by atoms with Crippen LogP contribution in [0.5, 0.6) is 5.75 Å². The predicted molar refractivity (Wildman–Crippen MR) is 138 cm³/mol. The van der Waals surface area contributed by atoms with Crippen LogP contribution in [0.25, 0.3) is 0 Å². The second-order valence-corrected chi connectivity index (χ2v) is 11.5. The van der Waals surface area contributed by atoms with E-state index in [0.717, 1.165) is 19.4 Å². The van der Waals surface area contributed by atoms with Crippen molar-refractivity contribution >= 4 is 5.91 Å². The molecular formula is C30H38FN3O2. The summed E-state index contributed by atoms with van der Waals surface area (Å²) in [5.74, 6) is 0.637. The zero-order chi connectivity index (χ0) is 24.7. The van der Waals surface area contributed by atoms with Gasteiger partial charge in [0.15, 0.2) is 0 Å². The van der Waals surface area contributed by atoms with E-state index < -0.39 is 5.41 Å². The smallest absolute Gasteiger partial charge is 0.228 e. The van der Waals surface area contributed by atoms with Gasteiger partial charge in [-0.2, -0.15) is 0 Å². The number of carbonyl (C=O) groups is 1. The molecule has 2 aromatic rings. The Kier molecular flexibility index (Phi) is 6.51. The van der Waals surface area contributed by atoms with Gasteiger partial charge in [0.25, 0.3) is 0 Å². The van der Waals surface area contributed by atoms with Gasteiger partial charge in [-0.3, -0.25) is 4.79 Å². The van der Waals surface area contributed by atoms with E-state index in [1.165, 1.54) is 49.8 Å². The molecule has 4 atom stereocenters. The predicted octanol–water partition coefficient (Wildman–Crippen LogP) is 4.45. The summed E-state index contributed by atoms with van der Waals surface area (Å²) in [4.78, 5) is 16.6. The molecule has 5 nitrogen and oxygen atoms in total. The maximum atomic E-state index is 15.3. The SMILES string of the molecule is O=C([C@@H]1CNC[C@]12CNCc1c(O)ccc(F)c12)N1CC[C@@H](c2ccccc2)C[C@H]1C1CCCCC1. The van der Waals surface area contributed by atoms with Gasteiger partial charge >= 0.3 is 0 Å². The number of nitrogens with one attached hydrogen (secondary N) is 2. The largest absolute Gasteiger partial charge is 0.508 e. The van der Waals surface area contributed by atoms with Crippen LogP contribution < -0.4 is 10.6 Å². The molecular weight excluding hydrogens is 453 g/mol. The number of amides is 1. The average molecular weight is 492 g/mol. The molecule has 2 aromatic carbocycles. The van der Waals surface area contributed by atoms with E-state index in [0.29, 0.717) is 49.1 Å². The van der Waals surface area contributed by atoms with E-state index in [9.17, 15) is 9.90 Å². The summed E-state index contributed by atoms with van der Waals surface area (Å²) >= 11 is 0. The third-order valence-corrected chi connectivity index (χ3v) is 9.62. The van der Waals surface area contributed by atoms with Crippen molar-refractivity contribution in [2.24, 2.45) is 11.8 Å². The topological polar surface area (TPSA) is 64.6 Å². The number of aromatic hydroxyl groups is 1. The number of fused-ring (bicyclic) bond motifs is 2. The summed E-state index contributed by atoms with van der Waals surface area (Å²) < 4.78 is 15.3. The van der Waals surface area contributed by atoms with Crippen molar-refractivity contribution in [1.29, 1.82) is 0 Å². The number of phenolic OH excluding ortho intramolecular Hbond substituents is 1. The lowest BCUT2D eigenvalue weighted by Gasteiger charge is -2.48. The Morgan fingerprint density at radius 1 is 1.00 bits per heavy atom. The van der Waals surface area contributed by atoms with Gasteiger partial charge < -0.3 is 20.6 Å². The van der Waals surface area contributed by atoms with Crippen molar-refractivity contribution in [2.45, 2.75) is 68.9 Å². The van der Waals surface area contributed by atoms with Crippen molar-refractivity contribution in [3.05, 3.63) is 65.0 Å². The number of phenols is 1. The molecule has 3 fully saturated rings. The maximum absolute atomic E-state index is 15.3. The first-order valence-electron chi connectivity index (χ1n) is 13.9. The van der Waals surface area contributed by atoms with Crippen LogP contribution in [-0.2, 0) is 16.8 Å². The highest BCUT2D eigenvalue weighted by atomic mass is 19.1. The molecule has 36 heavy (non-hydrogen) atoms. The molecule has 6 heteroatoms. The first kappa shape index (κ1) is 23.9. The van der Waals surface area contributed by atoms with E-state index in [1.807, 2.05) is 0 Å². The number of likely N-dealkylation sites (tertiary alicyclic amines) is 1. The normalized spacial score (nSPS) is 30.9. The first-order valence-corrected chi connectivity index (χ1v) is 13.9. The number of hydrogen-bond acceptors (Lipinski definition) is 4. The van der Waals surface area contributed by atoms with Crippen molar-refractivity contribution in [2.75, 3.05) is 26.2 Å². The number of rotatable bonds is 3. The van der Waals surface area contributed by atoms with Crippen molar-refractivity contribution in [3.63, 3.8) is 0 Å². The molecule has 192 valence electrons. The van der Waals surface area contributed by atoms with Gasteiger partial charge in [-0.15, -0.1) is 0 Å². The number of nitrogens with zero attached hydrogens (tertiary/aromatic N) is 1. The molecule has 1 spiro atoms. The number of halogens is 1. The van der Waals surface area contributed by atoms with Gasteiger partial charge in [0, 0.05) is 55.3 Å². The third-order valence-electron chi connectivity index (χ3n) is 9.62. The Hall–Kier alpha value is -2.44. The summed E-state index contributed by atoms with van der Waals surface area (Å²) in [7, 11) is 0. The second kappa shape index (κ2) is 9.79. The number of piperidine rings is 1. The lowest BCUT2D eigenvalue weighted by Crippen LogP contribution is -2.57. The van der Waals surface area contributed by atoms with Crippen LogP contribution >= 0.6 is 0 Å². The van der Waals surface area contributed by atoms with Crippen LogP contribution in [-0.4, -0.2) is 48.1 Å². The van der Waals surface area contributed by atoms with Crippen molar-refractivity contribution in [3.8, 4) is 5.75 Å². The molecule has 4 aliphatic rings. The van der Waals surface area contributed by atoms with Gasteiger partial charge in [-0.05, 0) is 55.2 Å². The maximum Gasteiger partial charge on any atom is 0.228 e. The van der Waals surface area contributed by atoms with E-state index >= 15 is 4.39 Å².